The highest BCUT2D eigenvalue weighted by Gasteiger charge is 2.17. The van der Waals surface area contributed by atoms with Crippen molar-refractivity contribution in [1.29, 1.82) is 0 Å². The molecule has 0 aliphatic carbocycles. The summed E-state index contributed by atoms with van der Waals surface area (Å²) in [6.45, 7) is 0. The van der Waals surface area contributed by atoms with Crippen LogP contribution in [0.3, 0.4) is 0 Å². The van der Waals surface area contributed by atoms with Crippen molar-refractivity contribution in [2.24, 2.45) is 5.10 Å². The maximum Gasteiger partial charge on any atom is 0.250 e. The molecule has 0 aliphatic rings. The number of carbonyl (C=O) groups is 1. The molecule has 0 aliphatic heterocycles. The minimum atomic E-state index is -0.290. The molecule has 0 spiro atoms. The number of ether oxygens (including phenoxy) is 4. The Morgan fingerprint density at radius 3 is 2.16 bits per heavy atom. The summed E-state index contributed by atoms with van der Waals surface area (Å²) in [4.78, 5) is 12.5. The first-order valence-corrected chi connectivity index (χ1v) is 12.5. The number of amides is 1. The first-order valence-electron chi connectivity index (χ1n) is 11.5. The lowest BCUT2D eigenvalue weighted by Gasteiger charge is -2.11. The average molecular weight is 534 g/mol. The fourth-order valence-corrected chi connectivity index (χ4v) is 4.27. The van der Waals surface area contributed by atoms with E-state index in [4.69, 9.17) is 18.9 Å². The molecule has 1 amide bonds. The number of nitrogens with zero attached hydrogens (tertiary/aromatic N) is 4. The highest BCUT2D eigenvalue weighted by molar-refractivity contribution is 7.99. The number of benzene rings is 3. The van der Waals surface area contributed by atoms with Crippen molar-refractivity contribution >= 4 is 23.9 Å². The number of aromatic nitrogens is 3. The van der Waals surface area contributed by atoms with Gasteiger partial charge in [-0.2, -0.15) is 5.10 Å². The summed E-state index contributed by atoms with van der Waals surface area (Å²) in [6, 6.07) is 20.4. The molecule has 0 bridgehead atoms. The molecular formula is C27H27N5O5S. The molecule has 0 radical (unpaired) electrons. The van der Waals surface area contributed by atoms with Gasteiger partial charge in [-0.25, -0.2) is 5.43 Å². The number of thioether (sulfide) groups is 1. The Morgan fingerprint density at radius 2 is 1.53 bits per heavy atom. The van der Waals surface area contributed by atoms with Gasteiger partial charge in [0.05, 0.1) is 40.4 Å². The molecule has 11 heteroatoms. The zero-order chi connectivity index (χ0) is 26.9. The fraction of sp³-hybridized carbons (Fsp3) is 0.185. The molecule has 3 aromatic carbocycles. The summed E-state index contributed by atoms with van der Waals surface area (Å²) in [7, 11) is 6.36. The van der Waals surface area contributed by atoms with Crippen molar-refractivity contribution in [3.63, 3.8) is 0 Å². The highest BCUT2D eigenvalue weighted by atomic mass is 32.2. The zero-order valence-electron chi connectivity index (χ0n) is 21.4. The van der Waals surface area contributed by atoms with Crippen molar-refractivity contribution in [2.75, 3.05) is 34.2 Å². The van der Waals surface area contributed by atoms with Crippen molar-refractivity contribution in [1.82, 2.24) is 20.2 Å². The fourth-order valence-electron chi connectivity index (χ4n) is 3.53. The van der Waals surface area contributed by atoms with Crippen molar-refractivity contribution in [3.05, 3.63) is 72.3 Å². The summed E-state index contributed by atoms with van der Waals surface area (Å²) in [5.41, 5.74) is 4.97. The number of methoxy groups -OCH3 is 4. The second kappa shape index (κ2) is 12.6. The monoisotopic (exact) mass is 533 g/mol. The Kier molecular flexibility index (Phi) is 8.83. The third kappa shape index (κ3) is 6.24. The van der Waals surface area contributed by atoms with Crippen molar-refractivity contribution < 1.29 is 23.7 Å². The normalized spacial score (nSPS) is 10.8. The third-order valence-electron chi connectivity index (χ3n) is 5.46. The Labute approximate surface area is 224 Å². The van der Waals surface area contributed by atoms with Gasteiger partial charge in [0.25, 0.3) is 5.91 Å². The number of nitrogens with one attached hydrogen (secondary N) is 1. The van der Waals surface area contributed by atoms with Gasteiger partial charge in [0.2, 0.25) is 0 Å². The van der Waals surface area contributed by atoms with Crippen LogP contribution in [0.15, 0.2) is 77.0 Å². The Balaban J connectivity index is 1.50. The van der Waals surface area contributed by atoms with E-state index in [2.05, 4.69) is 20.7 Å². The molecule has 1 aromatic heterocycles. The van der Waals surface area contributed by atoms with E-state index in [1.165, 1.54) is 18.0 Å². The lowest BCUT2D eigenvalue weighted by molar-refractivity contribution is -0.118. The van der Waals surface area contributed by atoms with E-state index in [0.29, 0.717) is 22.5 Å². The van der Waals surface area contributed by atoms with Crippen LogP contribution in [0.2, 0.25) is 0 Å². The highest BCUT2D eigenvalue weighted by Crippen LogP contribution is 2.30. The molecule has 0 unspecified atom stereocenters. The quantitative estimate of drug-likeness (QED) is 0.174. The molecule has 38 heavy (non-hydrogen) atoms. The van der Waals surface area contributed by atoms with E-state index < -0.39 is 0 Å². The predicted octanol–water partition coefficient (Wildman–Crippen LogP) is 4.21. The predicted molar refractivity (Wildman–Crippen MR) is 146 cm³/mol. The van der Waals surface area contributed by atoms with Gasteiger partial charge in [-0.1, -0.05) is 11.8 Å². The zero-order valence-corrected chi connectivity index (χ0v) is 22.2. The lowest BCUT2D eigenvalue weighted by Crippen LogP contribution is -2.20. The van der Waals surface area contributed by atoms with Gasteiger partial charge in [0, 0.05) is 11.3 Å². The Hall–Kier alpha value is -4.51. The second-order valence-electron chi connectivity index (χ2n) is 7.76. The van der Waals surface area contributed by atoms with Gasteiger partial charge < -0.3 is 18.9 Å². The first-order chi connectivity index (χ1) is 18.6. The van der Waals surface area contributed by atoms with Crippen LogP contribution in [-0.2, 0) is 4.79 Å². The minimum absolute atomic E-state index is 0.0835. The molecule has 196 valence electrons. The lowest BCUT2D eigenvalue weighted by atomic mass is 10.2. The Bertz CT molecular complexity index is 1400. The number of carbonyl (C=O) groups excluding carboxylic acids is 1. The van der Waals surface area contributed by atoms with Crippen molar-refractivity contribution in [3.8, 4) is 40.1 Å². The summed E-state index contributed by atoms with van der Waals surface area (Å²) in [6.07, 6.45) is 1.53. The SMILES string of the molecule is COc1ccc(-c2nnc(SCC(=O)NN=Cc3ccc(OC)c(OC)c3)n2-c2ccc(OC)cc2)cc1. The van der Waals surface area contributed by atoms with Gasteiger partial charge in [-0.3, -0.25) is 9.36 Å². The third-order valence-corrected chi connectivity index (χ3v) is 6.38. The van der Waals surface area contributed by atoms with Gasteiger partial charge in [0.15, 0.2) is 22.5 Å². The van der Waals surface area contributed by atoms with Crippen molar-refractivity contribution in [2.45, 2.75) is 5.16 Å². The maximum atomic E-state index is 12.5. The maximum absolute atomic E-state index is 12.5. The number of rotatable bonds is 11. The average Bonchev–Trinajstić information content (AvgIpc) is 3.40. The molecule has 0 saturated heterocycles. The summed E-state index contributed by atoms with van der Waals surface area (Å²) in [5.74, 6) is 3.08. The topological polar surface area (TPSA) is 109 Å². The van der Waals surface area contributed by atoms with Gasteiger partial charge in [-0.15, -0.1) is 10.2 Å². The minimum Gasteiger partial charge on any atom is -0.497 e. The molecule has 0 saturated carbocycles. The Morgan fingerprint density at radius 1 is 0.868 bits per heavy atom. The molecule has 4 rings (SSSR count). The van der Waals surface area contributed by atoms with Gasteiger partial charge in [0.1, 0.15) is 11.5 Å². The van der Waals surface area contributed by atoms with E-state index in [0.717, 1.165) is 28.3 Å². The molecule has 0 fully saturated rings. The van der Waals surface area contributed by atoms with Crippen LogP contribution in [0, 0.1) is 0 Å². The molecule has 1 N–H and O–H groups in total. The van der Waals surface area contributed by atoms with E-state index >= 15 is 0 Å². The second-order valence-corrected chi connectivity index (χ2v) is 8.71. The molecule has 1 heterocycles. The summed E-state index contributed by atoms with van der Waals surface area (Å²) >= 11 is 1.25. The smallest absolute Gasteiger partial charge is 0.250 e. The number of hydrogen-bond donors (Lipinski definition) is 1. The standard InChI is InChI=1S/C27H27N5O5S/c1-34-21-10-6-19(7-11-21)26-30-31-27(32(26)20-8-12-22(35-2)13-9-20)38-17-25(33)29-28-16-18-5-14-23(36-3)24(15-18)37-4/h5-16H,17H2,1-4H3,(H,29,33). The number of hydrazone groups is 1. The first kappa shape index (κ1) is 26.6. The van der Waals surface area contributed by atoms with E-state index in [1.807, 2.05) is 59.2 Å². The van der Waals surface area contributed by atoms with Crippen LogP contribution in [-0.4, -0.2) is 61.1 Å². The molecule has 0 atom stereocenters. The van der Waals surface area contributed by atoms with Gasteiger partial charge >= 0.3 is 0 Å². The largest absolute Gasteiger partial charge is 0.497 e. The van der Waals surface area contributed by atoms with Crippen LogP contribution in [0.4, 0.5) is 0 Å². The van der Waals surface area contributed by atoms with Crippen LogP contribution < -0.4 is 24.4 Å². The summed E-state index contributed by atoms with van der Waals surface area (Å²) in [5, 5.41) is 13.4. The van der Waals surface area contributed by atoms with Gasteiger partial charge in [-0.05, 0) is 72.3 Å². The number of hydrogen-bond acceptors (Lipinski definition) is 9. The van der Waals surface area contributed by atoms with Crippen LogP contribution >= 0.6 is 11.8 Å². The van der Waals surface area contributed by atoms with E-state index in [-0.39, 0.29) is 11.7 Å². The molecule has 10 nitrogen and oxygen atoms in total. The van der Waals surface area contributed by atoms with E-state index in [1.54, 1.807) is 40.6 Å². The summed E-state index contributed by atoms with van der Waals surface area (Å²) < 4.78 is 23.0. The van der Waals surface area contributed by atoms with Crippen LogP contribution in [0.25, 0.3) is 17.1 Å². The van der Waals surface area contributed by atoms with E-state index in [9.17, 15) is 4.79 Å². The molecular weight excluding hydrogens is 506 g/mol. The van der Waals surface area contributed by atoms with Crippen LogP contribution in [0.5, 0.6) is 23.0 Å². The molecule has 4 aromatic rings. The van der Waals surface area contributed by atoms with Crippen LogP contribution in [0.1, 0.15) is 5.56 Å².